The Morgan fingerprint density at radius 2 is 2.08 bits per heavy atom. The number of nitrogens with zero attached hydrogens (tertiary/aromatic N) is 2. The number of aromatic nitrogens is 2. The molecule has 3 rings (SSSR count). The Hall–Kier alpha value is -2.68. The molecule has 0 amide bonds. The van der Waals surface area contributed by atoms with E-state index in [1.165, 1.54) is 24.1 Å². The van der Waals surface area contributed by atoms with Gasteiger partial charge >= 0.3 is 5.97 Å². The summed E-state index contributed by atoms with van der Waals surface area (Å²) in [6, 6.07) is 6.92. The molecule has 0 radical (unpaired) electrons. The van der Waals surface area contributed by atoms with Gasteiger partial charge in [-0.2, -0.15) is 0 Å². The van der Waals surface area contributed by atoms with Crippen LogP contribution in [-0.2, 0) is 16.1 Å². The van der Waals surface area contributed by atoms with Gasteiger partial charge in [-0.1, -0.05) is 0 Å². The number of thioether (sulfide) groups is 1. The molecular weight excluding hydrogens is 354 g/mol. The molecule has 3 aromatic rings. The molecule has 2 heterocycles. The van der Waals surface area contributed by atoms with Crippen LogP contribution in [-0.4, -0.2) is 21.9 Å². The first kappa shape index (κ1) is 17.2. The van der Waals surface area contributed by atoms with E-state index < -0.39 is 17.6 Å². The fraction of sp³-hybridized carbons (Fsp3) is 0.188. The molecule has 6 nitrogen and oxygen atoms in total. The SMILES string of the molecule is O=C(CCSc1ccc(F)c(F)c1)OCc1nnc(-c2ccco2)o1. The largest absolute Gasteiger partial charge is 0.459 e. The molecule has 0 fully saturated rings. The smallest absolute Gasteiger partial charge is 0.307 e. The van der Waals surface area contributed by atoms with Crippen LogP contribution in [0.3, 0.4) is 0 Å². The molecule has 0 unspecified atom stereocenters. The summed E-state index contributed by atoms with van der Waals surface area (Å²) in [5.74, 6) is -1.15. The molecule has 0 N–H and O–H groups in total. The van der Waals surface area contributed by atoms with Gasteiger partial charge in [0.05, 0.1) is 12.7 Å². The standard InChI is InChI=1S/C16H12F2N2O4S/c17-11-4-3-10(8-12(11)18)25-7-5-15(21)23-9-14-19-20-16(24-14)13-2-1-6-22-13/h1-4,6,8H,5,7,9H2. The van der Waals surface area contributed by atoms with Crippen LogP contribution in [0.1, 0.15) is 12.3 Å². The highest BCUT2D eigenvalue weighted by atomic mass is 32.2. The second-order valence-corrected chi connectivity index (χ2v) is 5.98. The van der Waals surface area contributed by atoms with E-state index in [1.807, 2.05) is 0 Å². The van der Waals surface area contributed by atoms with Crippen molar-refractivity contribution in [3.8, 4) is 11.7 Å². The van der Waals surface area contributed by atoms with Crippen molar-refractivity contribution < 1.29 is 27.1 Å². The van der Waals surface area contributed by atoms with Crippen molar-refractivity contribution in [1.82, 2.24) is 10.2 Å². The van der Waals surface area contributed by atoms with Gasteiger partial charge in [-0.15, -0.1) is 22.0 Å². The predicted octanol–water partition coefficient (Wildman–Crippen LogP) is 3.83. The molecule has 0 spiro atoms. The van der Waals surface area contributed by atoms with Gasteiger partial charge in [-0.3, -0.25) is 4.79 Å². The Morgan fingerprint density at radius 3 is 2.84 bits per heavy atom. The average Bonchev–Trinajstić information content (AvgIpc) is 3.27. The van der Waals surface area contributed by atoms with Crippen LogP contribution in [0.2, 0.25) is 0 Å². The fourth-order valence-corrected chi connectivity index (χ4v) is 2.70. The highest BCUT2D eigenvalue weighted by Crippen LogP contribution is 2.21. The Kier molecular flexibility index (Phi) is 5.44. The van der Waals surface area contributed by atoms with Gasteiger partial charge in [0.2, 0.25) is 0 Å². The maximum absolute atomic E-state index is 13.1. The molecule has 0 saturated heterocycles. The lowest BCUT2D eigenvalue weighted by atomic mass is 10.3. The highest BCUT2D eigenvalue weighted by molar-refractivity contribution is 7.99. The number of halogens is 2. The highest BCUT2D eigenvalue weighted by Gasteiger charge is 2.13. The van der Waals surface area contributed by atoms with Crippen LogP contribution in [0.15, 0.2) is 50.3 Å². The zero-order valence-corrected chi connectivity index (χ0v) is 13.6. The summed E-state index contributed by atoms with van der Waals surface area (Å²) in [6.45, 7) is -0.150. The van der Waals surface area contributed by atoms with Crippen LogP contribution in [0, 0.1) is 11.6 Å². The van der Waals surface area contributed by atoms with E-state index in [0.29, 0.717) is 16.4 Å². The van der Waals surface area contributed by atoms with E-state index in [2.05, 4.69) is 10.2 Å². The van der Waals surface area contributed by atoms with E-state index in [-0.39, 0.29) is 24.8 Å². The Bertz CT molecular complexity index is 852. The summed E-state index contributed by atoms with van der Waals surface area (Å²) in [4.78, 5) is 12.2. The van der Waals surface area contributed by atoms with Gasteiger partial charge in [-0.05, 0) is 30.3 Å². The quantitative estimate of drug-likeness (QED) is 0.464. The molecule has 0 aliphatic rings. The number of rotatable bonds is 7. The maximum atomic E-state index is 13.1. The van der Waals surface area contributed by atoms with E-state index in [9.17, 15) is 13.6 Å². The lowest BCUT2D eigenvalue weighted by Crippen LogP contribution is -2.05. The zero-order valence-electron chi connectivity index (χ0n) is 12.8. The first-order valence-corrected chi connectivity index (χ1v) is 8.20. The molecule has 0 atom stereocenters. The zero-order chi connectivity index (χ0) is 17.6. The monoisotopic (exact) mass is 366 g/mol. The van der Waals surface area contributed by atoms with Gasteiger partial charge in [0.1, 0.15) is 0 Å². The van der Waals surface area contributed by atoms with Crippen molar-refractivity contribution >= 4 is 17.7 Å². The molecule has 1 aromatic carbocycles. The van der Waals surface area contributed by atoms with Crippen LogP contribution in [0.5, 0.6) is 0 Å². The molecular formula is C16H12F2N2O4S. The normalized spacial score (nSPS) is 10.8. The van der Waals surface area contributed by atoms with Crippen molar-refractivity contribution in [2.45, 2.75) is 17.9 Å². The molecule has 2 aromatic heterocycles. The van der Waals surface area contributed by atoms with E-state index in [1.54, 1.807) is 12.1 Å². The van der Waals surface area contributed by atoms with Crippen molar-refractivity contribution in [3.05, 3.63) is 54.1 Å². The second-order valence-electron chi connectivity index (χ2n) is 4.81. The minimum atomic E-state index is -0.920. The summed E-state index contributed by atoms with van der Waals surface area (Å²) in [7, 11) is 0. The first-order chi connectivity index (χ1) is 12.1. The molecule has 0 aliphatic carbocycles. The van der Waals surface area contributed by atoms with Gasteiger partial charge in [0, 0.05) is 10.6 Å². The number of hydrogen-bond acceptors (Lipinski definition) is 7. The van der Waals surface area contributed by atoms with Crippen LogP contribution in [0.25, 0.3) is 11.7 Å². The topological polar surface area (TPSA) is 78.4 Å². The van der Waals surface area contributed by atoms with Gasteiger partial charge in [0.15, 0.2) is 24.0 Å². The van der Waals surface area contributed by atoms with E-state index in [4.69, 9.17) is 13.6 Å². The molecule has 0 aliphatic heterocycles. The lowest BCUT2D eigenvalue weighted by molar-refractivity contribution is -0.145. The number of esters is 1. The third kappa shape index (κ3) is 4.66. The van der Waals surface area contributed by atoms with Crippen LogP contribution < -0.4 is 0 Å². The Labute approximate surface area is 145 Å². The lowest BCUT2D eigenvalue weighted by Gasteiger charge is -2.03. The van der Waals surface area contributed by atoms with Gasteiger partial charge in [0.25, 0.3) is 11.8 Å². The molecule has 130 valence electrons. The van der Waals surface area contributed by atoms with Crippen LogP contribution >= 0.6 is 11.8 Å². The third-order valence-corrected chi connectivity index (χ3v) is 4.02. The van der Waals surface area contributed by atoms with Crippen molar-refractivity contribution in [1.29, 1.82) is 0 Å². The predicted molar refractivity (Wildman–Crippen MR) is 83.5 cm³/mol. The van der Waals surface area contributed by atoms with E-state index >= 15 is 0 Å². The second kappa shape index (κ2) is 7.93. The molecule has 0 bridgehead atoms. The summed E-state index contributed by atoms with van der Waals surface area (Å²) < 4.78 is 41.3. The summed E-state index contributed by atoms with van der Waals surface area (Å²) in [5, 5.41) is 7.54. The minimum absolute atomic E-state index is 0.100. The first-order valence-electron chi connectivity index (χ1n) is 7.21. The van der Waals surface area contributed by atoms with Crippen molar-refractivity contribution in [2.24, 2.45) is 0 Å². The third-order valence-electron chi connectivity index (χ3n) is 3.02. The number of carbonyl (C=O) groups excluding carboxylic acids is 1. The average molecular weight is 366 g/mol. The summed E-state index contributed by atoms with van der Waals surface area (Å²) in [6.07, 6.45) is 1.58. The molecule has 25 heavy (non-hydrogen) atoms. The fourth-order valence-electron chi connectivity index (χ4n) is 1.85. The summed E-state index contributed by atoms with van der Waals surface area (Å²) >= 11 is 1.22. The minimum Gasteiger partial charge on any atom is -0.459 e. The van der Waals surface area contributed by atoms with E-state index in [0.717, 1.165) is 12.1 Å². The summed E-state index contributed by atoms with van der Waals surface area (Å²) in [5.41, 5.74) is 0. The number of hydrogen-bond donors (Lipinski definition) is 0. The molecule has 0 saturated carbocycles. The Morgan fingerprint density at radius 1 is 1.20 bits per heavy atom. The maximum Gasteiger partial charge on any atom is 0.307 e. The van der Waals surface area contributed by atoms with Crippen LogP contribution in [0.4, 0.5) is 8.78 Å². The number of carbonyl (C=O) groups is 1. The van der Waals surface area contributed by atoms with Gasteiger partial charge < -0.3 is 13.6 Å². The number of ether oxygens (including phenoxy) is 1. The van der Waals surface area contributed by atoms with Crippen molar-refractivity contribution in [3.63, 3.8) is 0 Å². The number of benzene rings is 1. The molecule has 9 heteroatoms. The van der Waals surface area contributed by atoms with Gasteiger partial charge in [-0.25, -0.2) is 8.78 Å². The number of furan rings is 1. The van der Waals surface area contributed by atoms with Crippen molar-refractivity contribution in [2.75, 3.05) is 5.75 Å². The Balaban J connectivity index is 1.41.